The molecule has 2 amide bonds. The summed E-state index contributed by atoms with van der Waals surface area (Å²) in [5, 5.41) is 5.77. The van der Waals surface area contributed by atoms with E-state index in [0.717, 1.165) is 5.56 Å². The van der Waals surface area contributed by atoms with Crippen LogP contribution in [0.15, 0.2) is 76.8 Å². The normalized spacial score (nSPS) is 11.1. The number of likely N-dealkylation sites (N-methyl/N-ethyl adjacent to an activating group) is 1. The lowest BCUT2D eigenvalue weighted by molar-refractivity contribution is -0.117. The molecule has 5 nitrogen and oxygen atoms in total. The molecule has 2 aromatic carbocycles. The highest BCUT2D eigenvalue weighted by Crippen LogP contribution is 2.24. The van der Waals surface area contributed by atoms with E-state index in [9.17, 15) is 9.59 Å². The topological polar surface area (TPSA) is 71.3 Å². The number of halogens is 1. The van der Waals surface area contributed by atoms with Gasteiger partial charge in [-0.05, 0) is 48.5 Å². The average Bonchev–Trinajstić information content (AvgIpc) is 3.16. The molecule has 3 rings (SSSR count). The third-order valence-corrected chi connectivity index (χ3v) is 4.05. The fraction of sp³-hybridized carbons (Fsp3) is 0.0476. The Balaban J connectivity index is 1.85. The van der Waals surface area contributed by atoms with Crippen LogP contribution in [0, 0.1) is 0 Å². The zero-order chi connectivity index (χ0) is 19.2. The summed E-state index contributed by atoms with van der Waals surface area (Å²) in [7, 11) is 1.49. The Hall–Kier alpha value is -3.31. The molecule has 3 aromatic rings. The van der Waals surface area contributed by atoms with Gasteiger partial charge in [-0.1, -0.05) is 29.8 Å². The smallest absolute Gasteiger partial charge is 0.267 e. The Morgan fingerprint density at radius 3 is 2.33 bits per heavy atom. The summed E-state index contributed by atoms with van der Waals surface area (Å²) in [6.45, 7) is 0. The molecule has 0 aliphatic heterocycles. The molecule has 0 unspecified atom stereocenters. The van der Waals surface area contributed by atoms with Crippen LogP contribution in [0.25, 0.3) is 17.4 Å². The van der Waals surface area contributed by atoms with Crippen molar-refractivity contribution in [2.75, 3.05) is 7.05 Å². The number of carbonyl (C=O) groups is 2. The van der Waals surface area contributed by atoms with Gasteiger partial charge in [-0.15, -0.1) is 0 Å². The maximum Gasteiger partial charge on any atom is 0.267 e. The Morgan fingerprint density at radius 2 is 1.67 bits per heavy atom. The van der Waals surface area contributed by atoms with Gasteiger partial charge in [0.1, 0.15) is 17.2 Å². The van der Waals surface area contributed by atoms with Gasteiger partial charge in [0.25, 0.3) is 11.8 Å². The van der Waals surface area contributed by atoms with Crippen molar-refractivity contribution in [2.45, 2.75) is 0 Å². The van der Waals surface area contributed by atoms with E-state index in [-0.39, 0.29) is 11.6 Å². The Labute approximate surface area is 161 Å². The van der Waals surface area contributed by atoms with Crippen LogP contribution in [0.4, 0.5) is 0 Å². The summed E-state index contributed by atoms with van der Waals surface area (Å²) in [4.78, 5) is 24.5. The van der Waals surface area contributed by atoms with Crippen LogP contribution in [-0.4, -0.2) is 18.9 Å². The van der Waals surface area contributed by atoms with Gasteiger partial charge in [0.15, 0.2) is 0 Å². The van der Waals surface area contributed by atoms with Gasteiger partial charge in [0.05, 0.1) is 0 Å². The van der Waals surface area contributed by atoms with E-state index in [1.165, 1.54) is 13.1 Å². The van der Waals surface area contributed by atoms with Gasteiger partial charge in [-0.3, -0.25) is 9.59 Å². The SMILES string of the molecule is CNC(=O)/C(=C\c1ccc(-c2ccc(Cl)cc2)o1)NC(=O)c1ccccc1. The number of amides is 2. The quantitative estimate of drug-likeness (QED) is 0.654. The monoisotopic (exact) mass is 380 g/mol. The van der Waals surface area contributed by atoms with Crippen LogP contribution in [0.5, 0.6) is 0 Å². The van der Waals surface area contributed by atoms with Crippen molar-refractivity contribution in [2.24, 2.45) is 0 Å². The summed E-state index contributed by atoms with van der Waals surface area (Å²) in [6.07, 6.45) is 1.49. The molecule has 0 aliphatic rings. The number of nitrogens with one attached hydrogen (secondary N) is 2. The van der Waals surface area contributed by atoms with Gasteiger partial charge in [-0.2, -0.15) is 0 Å². The summed E-state index contributed by atoms with van der Waals surface area (Å²) in [5.41, 5.74) is 1.39. The average molecular weight is 381 g/mol. The van der Waals surface area contributed by atoms with Gasteiger partial charge >= 0.3 is 0 Å². The van der Waals surface area contributed by atoms with Crippen LogP contribution < -0.4 is 10.6 Å². The third-order valence-electron chi connectivity index (χ3n) is 3.80. The molecule has 0 fully saturated rings. The Bertz CT molecular complexity index is 976. The summed E-state index contributed by atoms with van der Waals surface area (Å²) < 4.78 is 5.77. The molecular weight excluding hydrogens is 364 g/mol. The Kier molecular flexibility index (Phi) is 5.74. The van der Waals surface area contributed by atoms with E-state index < -0.39 is 5.91 Å². The second-order valence-electron chi connectivity index (χ2n) is 5.67. The van der Waals surface area contributed by atoms with E-state index in [1.54, 1.807) is 48.5 Å². The molecule has 0 atom stereocenters. The molecule has 2 N–H and O–H groups in total. The minimum Gasteiger partial charge on any atom is -0.457 e. The first-order valence-corrected chi connectivity index (χ1v) is 8.60. The van der Waals surface area contributed by atoms with E-state index in [1.807, 2.05) is 18.2 Å². The van der Waals surface area contributed by atoms with Crippen molar-refractivity contribution >= 4 is 29.5 Å². The first kappa shape index (κ1) is 18.5. The van der Waals surface area contributed by atoms with E-state index in [2.05, 4.69) is 10.6 Å². The highest BCUT2D eigenvalue weighted by atomic mass is 35.5. The van der Waals surface area contributed by atoms with Gasteiger partial charge in [0.2, 0.25) is 0 Å². The zero-order valence-corrected chi connectivity index (χ0v) is 15.3. The minimum atomic E-state index is -0.427. The largest absolute Gasteiger partial charge is 0.457 e. The van der Waals surface area contributed by atoms with Crippen LogP contribution in [0.3, 0.4) is 0 Å². The van der Waals surface area contributed by atoms with Crippen LogP contribution in [0.1, 0.15) is 16.1 Å². The first-order chi connectivity index (χ1) is 13.1. The fourth-order valence-corrected chi connectivity index (χ4v) is 2.55. The highest BCUT2D eigenvalue weighted by Gasteiger charge is 2.14. The second kappa shape index (κ2) is 8.38. The number of hydrogen-bond acceptors (Lipinski definition) is 3. The van der Waals surface area contributed by atoms with Crippen molar-refractivity contribution in [3.63, 3.8) is 0 Å². The number of rotatable bonds is 5. The summed E-state index contributed by atoms with van der Waals surface area (Å²) in [6, 6.07) is 19.4. The van der Waals surface area contributed by atoms with E-state index in [4.69, 9.17) is 16.0 Å². The van der Waals surface area contributed by atoms with Crippen LogP contribution >= 0.6 is 11.6 Å². The predicted molar refractivity (Wildman–Crippen MR) is 105 cm³/mol. The van der Waals surface area contributed by atoms with Gasteiger partial charge < -0.3 is 15.1 Å². The molecule has 27 heavy (non-hydrogen) atoms. The molecule has 0 saturated heterocycles. The zero-order valence-electron chi connectivity index (χ0n) is 14.5. The lowest BCUT2D eigenvalue weighted by atomic mass is 10.2. The van der Waals surface area contributed by atoms with E-state index in [0.29, 0.717) is 22.1 Å². The van der Waals surface area contributed by atoms with E-state index >= 15 is 0 Å². The highest BCUT2D eigenvalue weighted by molar-refractivity contribution is 6.30. The predicted octanol–water partition coefficient (Wildman–Crippen LogP) is 4.12. The Morgan fingerprint density at radius 1 is 0.963 bits per heavy atom. The molecule has 0 saturated carbocycles. The standard InChI is InChI=1S/C21H17ClN2O3/c1-23-21(26)18(24-20(25)15-5-3-2-4-6-15)13-17-11-12-19(27-17)14-7-9-16(22)10-8-14/h2-13H,1H3,(H,23,26)(H,24,25)/b18-13+. The maximum atomic E-state index is 12.3. The molecule has 0 spiro atoms. The third kappa shape index (κ3) is 4.65. The molecule has 0 radical (unpaired) electrons. The van der Waals surface area contributed by atoms with Crippen molar-refractivity contribution < 1.29 is 14.0 Å². The lowest BCUT2D eigenvalue weighted by Gasteiger charge is -2.08. The van der Waals surface area contributed by atoms with Gasteiger partial charge in [-0.25, -0.2) is 0 Å². The molecule has 1 aromatic heterocycles. The number of carbonyl (C=O) groups excluding carboxylic acids is 2. The number of benzene rings is 2. The van der Waals surface area contributed by atoms with Crippen molar-refractivity contribution in [1.82, 2.24) is 10.6 Å². The number of furan rings is 1. The van der Waals surface area contributed by atoms with Crippen molar-refractivity contribution in [3.8, 4) is 11.3 Å². The van der Waals surface area contributed by atoms with Gasteiger partial charge in [0, 0.05) is 29.3 Å². The molecule has 1 heterocycles. The van der Waals surface area contributed by atoms with Crippen molar-refractivity contribution in [1.29, 1.82) is 0 Å². The second-order valence-corrected chi connectivity index (χ2v) is 6.10. The first-order valence-electron chi connectivity index (χ1n) is 8.23. The van der Waals surface area contributed by atoms with Crippen molar-refractivity contribution in [3.05, 3.63) is 88.8 Å². The van der Waals surface area contributed by atoms with Crippen LogP contribution in [-0.2, 0) is 4.79 Å². The minimum absolute atomic E-state index is 0.0864. The molecule has 0 aliphatic carbocycles. The molecule has 6 heteroatoms. The number of hydrogen-bond donors (Lipinski definition) is 2. The summed E-state index contributed by atoms with van der Waals surface area (Å²) >= 11 is 5.90. The molecule has 0 bridgehead atoms. The maximum absolute atomic E-state index is 12.3. The molecular formula is C21H17ClN2O3. The lowest BCUT2D eigenvalue weighted by Crippen LogP contribution is -2.33. The molecule has 136 valence electrons. The summed E-state index contributed by atoms with van der Waals surface area (Å²) in [5.74, 6) is 0.258. The fourth-order valence-electron chi connectivity index (χ4n) is 2.42. The van der Waals surface area contributed by atoms with Crippen LogP contribution in [0.2, 0.25) is 5.02 Å².